The minimum Gasteiger partial charge on any atom is -0.459 e. The Morgan fingerprint density at radius 3 is 2.46 bits per heavy atom. The molecule has 2 fully saturated rings. The van der Waals surface area contributed by atoms with Crippen molar-refractivity contribution in [2.45, 2.75) is 37.1 Å². The van der Waals surface area contributed by atoms with E-state index in [0.717, 1.165) is 49.0 Å². The number of morpholine rings is 1. The first-order valence-corrected chi connectivity index (χ1v) is 13.6. The van der Waals surface area contributed by atoms with Crippen LogP contribution in [0.3, 0.4) is 0 Å². The van der Waals surface area contributed by atoms with E-state index in [-0.39, 0.29) is 16.8 Å². The van der Waals surface area contributed by atoms with Gasteiger partial charge in [-0.25, -0.2) is 8.42 Å². The van der Waals surface area contributed by atoms with Gasteiger partial charge in [0, 0.05) is 37.3 Å². The van der Waals surface area contributed by atoms with Crippen molar-refractivity contribution in [2.24, 2.45) is 0 Å². The molecule has 8 nitrogen and oxygen atoms in total. The summed E-state index contributed by atoms with van der Waals surface area (Å²) >= 11 is 0. The van der Waals surface area contributed by atoms with E-state index >= 15 is 0 Å². The Hall–Kier alpha value is -2.88. The third kappa shape index (κ3) is 4.94. The summed E-state index contributed by atoms with van der Waals surface area (Å²) in [7, 11) is -3.73. The van der Waals surface area contributed by atoms with Crippen LogP contribution in [0.2, 0.25) is 0 Å². The molecule has 2 aromatic carbocycles. The maximum atomic E-state index is 13.6. The fourth-order valence-corrected chi connectivity index (χ4v) is 6.20. The van der Waals surface area contributed by atoms with E-state index in [1.54, 1.807) is 12.1 Å². The second-order valence-corrected chi connectivity index (χ2v) is 11.1. The van der Waals surface area contributed by atoms with Gasteiger partial charge in [-0.05, 0) is 56.5 Å². The monoisotopic (exact) mass is 497 g/mol. The number of carbonyl (C=O) groups is 1. The van der Waals surface area contributed by atoms with Gasteiger partial charge in [0.25, 0.3) is 5.91 Å². The van der Waals surface area contributed by atoms with Gasteiger partial charge in [-0.2, -0.15) is 4.31 Å². The molecule has 1 aromatic heterocycles. The molecule has 1 unspecified atom stereocenters. The van der Waals surface area contributed by atoms with E-state index in [9.17, 15) is 13.2 Å². The van der Waals surface area contributed by atoms with E-state index in [4.69, 9.17) is 9.15 Å². The molecule has 0 radical (unpaired) electrons. The fraction of sp³-hybridized carbons (Fsp3) is 0.423. The third-order valence-corrected chi connectivity index (χ3v) is 8.63. The predicted molar refractivity (Wildman–Crippen MR) is 134 cm³/mol. The summed E-state index contributed by atoms with van der Waals surface area (Å²) in [4.78, 5) is 15.9. The molecular weight excluding hydrogens is 466 g/mol. The van der Waals surface area contributed by atoms with Gasteiger partial charge in [0.15, 0.2) is 0 Å². The van der Waals surface area contributed by atoms with Gasteiger partial charge in [0.1, 0.15) is 11.3 Å². The summed E-state index contributed by atoms with van der Waals surface area (Å²) < 4.78 is 39.3. The number of anilines is 1. The van der Waals surface area contributed by atoms with Crippen molar-refractivity contribution in [2.75, 3.05) is 44.3 Å². The molecule has 0 spiro atoms. The van der Waals surface area contributed by atoms with Crippen LogP contribution >= 0.6 is 0 Å². The van der Waals surface area contributed by atoms with Crippen molar-refractivity contribution >= 4 is 32.6 Å². The zero-order valence-electron chi connectivity index (χ0n) is 19.9. The van der Waals surface area contributed by atoms with Crippen molar-refractivity contribution in [3.05, 3.63) is 59.9 Å². The van der Waals surface area contributed by atoms with Crippen molar-refractivity contribution in [3.63, 3.8) is 0 Å². The van der Waals surface area contributed by atoms with Gasteiger partial charge in [-0.1, -0.05) is 18.2 Å². The summed E-state index contributed by atoms with van der Waals surface area (Å²) in [6, 6.07) is 14.2. The van der Waals surface area contributed by atoms with Gasteiger partial charge in [0.05, 0.1) is 29.7 Å². The number of nitrogens with zero attached hydrogens (tertiary/aromatic N) is 2. The minimum absolute atomic E-state index is 0.127. The van der Waals surface area contributed by atoms with Crippen LogP contribution in [0.15, 0.2) is 57.8 Å². The molecule has 3 aromatic rings. The second-order valence-electron chi connectivity index (χ2n) is 9.12. The van der Waals surface area contributed by atoms with Crippen LogP contribution in [0.4, 0.5) is 5.69 Å². The van der Waals surface area contributed by atoms with Crippen molar-refractivity contribution in [1.82, 2.24) is 9.62 Å². The Balaban J connectivity index is 1.46. The number of furan rings is 1. The Morgan fingerprint density at radius 1 is 0.971 bits per heavy atom. The first-order chi connectivity index (χ1) is 16.9. The molecule has 186 valence electrons. The standard InChI is InChI=1S/C26H31N3O5S/c1-19(25-17-20-7-3-4-8-24(20)34-25)27-26(30)22-18-21(35(31,32)29-13-15-33-16-14-29)9-10-23(22)28-11-5-2-6-12-28/h3-4,7-10,17-19H,2,5-6,11-16H2,1H3,(H,27,30). The number of hydrogen-bond acceptors (Lipinski definition) is 6. The molecule has 0 aliphatic carbocycles. The number of hydrogen-bond donors (Lipinski definition) is 1. The molecule has 1 atom stereocenters. The molecule has 35 heavy (non-hydrogen) atoms. The molecule has 1 N–H and O–H groups in total. The summed E-state index contributed by atoms with van der Waals surface area (Å²) in [5.74, 6) is 0.328. The molecule has 0 saturated carbocycles. The lowest BCUT2D eigenvalue weighted by atomic mass is 10.1. The smallest absolute Gasteiger partial charge is 0.254 e. The van der Waals surface area contributed by atoms with Crippen LogP contribution in [0, 0.1) is 0 Å². The number of piperidine rings is 1. The highest BCUT2D eigenvalue weighted by molar-refractivity contribution is 7.89. The van der Waals surface area contributed by atoms with E-state index in [1.807, 2.05) is 37.3 Å². The normalized spacial score (nSPS) is 18.5. The van der Waals surface area contributed by atoms with Crippen LogP contribution in [0.5, 0.6) is 0 Å². The number of benzene rings is 2. The quantitative estimate of drug-likeness (QED) is 0.555. The molecule has 2 aliphatic heterocycles. The SMILES string of the molecule is CC(NC(=O)c1cc(S(=O)(=O)N2CCOCC2)ccc1N1CCCCC1)c1cc2ccccc2o1. The molecule has 3 heterocycles. The maximum absolute atomic E-state index is 13.6. The first-order valence-electron chi connectivity index (χ1n) is 12.2. The Labute approximate surface area is 205 Å². The van der Waals surface area contributed by atoms with E-state index in [1.165, 1.54) is 10.4 Å². The molecule has 1 amide bonds. The summed E-state index contributed by atoms with van der Waals surface area (Å²) in [5.41, 5.74) is 1.89. The van der Waals surface area contributed by atoms with Crippen LogP contribution < -0.4 is 10.2 Å². The molecule has 2 saturated heterocycles. The number of nitrogens with one attached hydrogen (secondary N) is 1. The highest BCUT2D eigenvalue weighted by Gasteiger charge is 2.29. The van der Waals surface area contributed by atoms with Crippen LogP contribution in [-0.4, -0.2) is 58.0 Å². The molecular formula is C26H31N3O5S. The molecule has 9 heteroatoms. The van der Waals surface area contributed by atoms with E-state index < -0.39 is 10.0 Å². The van der Waals surface area contributed by atoms with Gasteiger partial charge < -0.3 is 19.4 Å². The highest BCUT2D eigenvalue weighted by Crippen LogP contribution is 2.30. The lowest BCUT2D eigenvalue weighted by molar-refractivity contribution is 0.0730. The van der Waals surface area contributed by atoms with Gasteiger partial charge in [-0.15, -0.1) is 0 Å². The Bertz CT molecular complexity index is 1270. The van der Waals surface area contributed by atoms with E-state index in [0.29, 0.717) is 37.6 Å². The number of rotatable bonds is 6. The van der Waals surface area contributed by atoms with E-state index in [2.05, 4.69) is 10.2 Å². The lowest BCUT2D eigenvalue weighted by Crippen LogP contribution is -2.40. The summed E-state index contributed by atoms with van der Waals surface area (Å²) in [6.07, 6.45) is 3.25. The van der Waals surface area contributed by atoms with Gasteiger partial charge >= 0.3 is 0 Å². The maximum Gasteiger partial charge on any atom is 0.254 e. The number of fused-ring (bicyclic) bond motifs is 1. The lowest BCUT2D eigenvalue weighted by Gasteiger charge is -2.31. The van der Waals surface area contributed by atoms with Gasteiger partial charge in [0.2, 0.25) is 10.0 Å². The number of ether oxygens (including phenoxy) is 1. The summed E-state index contributed by atoms with van der Waals surface area (Å²) in [6.45, 7) is 4.90. The van der Waals surface area contributed by atoms with Crippen molar-refractivity contribution < 1.29 is 22.4 Å². The zero-order chi connectivity index (χ0) is 24.4. The molecule has 5 rings (SSSR count). The number of carbonyl (C=O) groups excluding carboxylic acids is 1. The van der Waals surface area contributed by atoms with Crippen molar-refractivity contribution in [3.8, 4) is 0 Å². The van der Waals surface area contributed by atoms with Crippen molar-refractivity contribution in [1.29, 1.82) is 0 Å². The third-order valence-electron chi connectivity index (χ3n) is 6.74. The Kier molecular flexibility index (Phi) is 6.82. The molecule has 2 aliphatic rings. The fourth-order valence-electron chi connectivity index (χ4n) is 4.77. The first kappa shape index (κ1) is 23.8. The van der Waals surface area contributed by atoms with Crippen LogP contribution in [-0.2, 0) is 14.8 Å². The predicted octanol–water partition coefficient (Wildman–Crippen LogP) is 3.94. The zero-order valence-corrected chi connectivity index (χ0v) is 20.7. The van der Waals surface area contributed by atoms with Crippen LogP contribution in [0.25, 0.3) is 11.0 Å². The largest absolute Gasteiger partial charge is 0.459 e. The minimum atomic E-state index is -3.73. The Morgan fingerprint density at radius 2 is 1.71 bits per heavy atom. The topological polar surface area (TPSA) is 92.1 Å². The number of amides is 1. The summed E-state index contributed by atoms with van der Waals surface area (Å²) in [5, 5.41) is 3.99. The highest BCUT2D eigenvalue weighted by atomic mass is 32.2. The second kappa shape index (κ2) is 10.0. The molecule has 0 bridgehead atoms. The average molecular weight is 498 g/mol. The number of para-hydroxylation sites is 1. The van der Waals surface area contributed by atoms with Crippen LogP contribution in [0.1, 0.15) is 48.3 Å². The van der Waals surface area contributed by atoms with Gasteiger partial charge in [-0.3, -0.25) is 4.79 Å². The average Bonchev–Trinajstić information content (AvgIpc) is 3.34. The number of sulfonamides is 1.